The van der Waals surface area contributed by atoms with Crippen molar-refractivity contribution in [3.8, 4) is 0 Å². The van der Waals surface area contributed by atoms with Crippen LogP contribution in [0.4, 0.5) is 0 Å². The van der Waals surface area contributed by atoms with Crippen molar-refractivity contribution in [2.24, 2.45) is 5.92 Å². The number of carbonyl (C=O) groups is 2. The van der Waals surface area contributed by atoms with Gasteiger partial charge in [0.2, 0.25) is 5.91 Å². The molecule has 2 atom stereocenters. The number of hydrogen-bond donors (Lipinski definition) is 2. The maximum Gasteiger partial charge on any atom is 0.303 e. The zero-order valence-electron chi connectivity index (χ0n) is 11.5. The van der Waals surface area contributed by atoms with Gasteiger partial charge in [-0.3, -0.25) is 9.59 Å². The Morgan fingerprint density at radius 3 is 2.60 bits per heavy atom. The number of aliphatic carboxylic acids is 1. The molecule has 4 heteroatoms. The normalized spacial score (nSPS) is 20.4. The molecule has 1 aromatic carbocycles. The lowest BCUT2D eigenvalue weighted by Crippen LogP contribution is -2.26. The van der Waals surface area contributed by atoms with Gasteiger partial charge in [-0.1, -0.05) is 36.8 Å². The van der Waals surface area contributed by atoms with Crippen LogP contribution >= 0.6 is 0 Å². The maximum absolute atomic E-state index is 11.9. The molecule has 0 aromatic heterocycles. The van der Waals surface area contributed by atoms with E-state index >= 15 is 0 Å². The number of carboxylic acid groups (broad SMARTS) is 1. The molecular formula is C16H21NO3. The highest BCUT2D eigenvalue weighted by Gasteiger charge is 2.43. The summed E-state index contributed by atoms with van der Waals surface area (Å²) in [5.74, 6) is -0.116. The Balaban J connectivity index is 1.59. The molecule has 2 N–H and O–H groups in total. The van der Waals surface area contributed by atoms with Gasteiger partial charge in [-0.25, -0.2) is 0 Å². The number of nitrogens with one attached hydrogen (secondary N) is 1. The van der Waals surface area contributed by atoms with Gasteiger partial charge in [0.05, 0.1) is 0 Å². The van der Waals surface area contributed by atoms with E-state index in [0.29, 0.717) is 18.9 Å². The van der Waals surface area contributed by atoms with Crippen LogP contribution < -0.4 is 5.32 Å². The molecule has 4 nitrogen and oxygen atoms in total. The number of amides is 1. The molecule has 1 aliphatic rings. The van der Waals surface area contributed by atoms with Crippen LogP contribution in [0, 0.1) is 5.92 Å². The van der Waals surface area contributed by atoms with Crippen molar-refractivity contribution >= 4 is 11.9 Å². The number of rotatable bonds is 8. The zero-order valence-corrected chi connectivity index (χ0v) is 11.5. The monoisotopic (exact) mass is 275 g/mol. The van der Waals surface area contributed by atoms with Gasteiger partial charge in [-0.2, -0.15) is 0 Å². The first-order valence-electron chi connectivity index (χ1n) is 7.23. The summed E-state index contributed by atoms with van der Waals surface area (Å²) >= 11 is 0. The predicted octanol–water partition coefficient (Wildman–Crippen LogP) is 2.55. The van der Waals surface area contributed by atoms with Gasteiger partial charge in [0, 0.05) is 18.9 Å². The van der Waals surface area contributed by atoms with Gasteiger partial charge in [0.25, 0.3) is 0 Å². The van der Waals surface area contributed by atoms with Crippen molar-refractivity contribution < 1.29 is 14.7 Å². The molecule has 0 spiro atoms. The highest BCUT2D eigenvalue weighted by molar-refractivity contribution is 5.82. The summed E-state index contributed by atoms with van der Waals surface area (Å²) in [6.07, 6.45) is 3.53. The Labute approximate surface area is 119 Å². The third kappa shape index (κ3) is 4.37. The quantitative estimate of drug-likeness (QED) is 0.716. The number of unbranched alkanes of at least 4 members (excludes halogenated alkanes) is 2. The summed E-state index contributed by atoms with van der Waals surface area (Å²) < 4.78 is 0. The molecule has 1 fully saturated rings. The lowest BCUT2D eigenvalue weighted by molar-refractivity contribution is -0.137. The minimum Gasteiger partial charge on any atom is -0.481 e. The number of benzene rings is 1. The fourth-order valence-electron chi connectivity index (χ4n) is 2.47. The Hall–Kier alpha value is -1.84. The molecule has 2 unspecified atom stereocenters. The van der Waals surface area contributed by atoms with Crippen LogP contribution in [0.25, 0.3) is 0 Å². The molecular weight excluding hydrogens is 254 g/mol. The van der Waals surface area contributed by atoms with E-state index in [1.54, 1.807) is 0 Å². The molecule has 2 rings (SSSR count). The van der Waals surface area contributed by atoms with Crippen molar-refractivity contribution in [1.29, 1.82) is 0 Å². The van der Waals surface area contributed by atoms with E-state index in [2.05, 4.69) is 17.4 Å². The Morgan fingerprint density at radius 2 is 1.90 bits per heavy atom. The first kappa shape index (κ1) is 14.6. The van der Waals surface area contributed by atoms with E-state index in [4.69, 9.17) is 5.11 Å². The zero-order chi connectivity index (χ0) is 14.4. The topological polar surface area (TPSA) is 66.4 Å². The number of carbonyl (C=O) groups excluding carboxylic acids is 1. The van der Waals surface area contributed by atoms with Gasteiger partial charge in [0.1, 0.15) is 0 Å². The predicted molar refractivity (Wildman–Crippen MR) is 76.4 cm³/mol. The molecule has 1 amide bonds. The van der Waals surface area contributed by atoms with Crippen LogP contribution in [0.1, 0.15) is 43.6 Å². The van der Waals surface area contributed by atoms with Crippen LogP contribution in [0.15, 0.2) is 30.3 Å². The van der Waals surface area contributed by atoms with E-state index in [-0.39, 0.29) is 18.2 Å². The number of carboxylic acids is 1. The third-order valence-corrected chi connectivity index (χ3v) is 3.72. The first-order valence-corrected chi connectivity index (χ1v) is 7.23. The molecule has 1 aromatic rings. The van der Waals surface area contributed by atoms with Gasteiger partial charge < -0.3 is 10.4 Å². The van der Waals surface area contributed by atoms with Gasteiger partial charge in [-0.15, -0.1) is 0 Å². The van der Waals surface area contributed by atoms with E-state index in [1.807, 2.05) is 18.2 Å². The van der Waals surface area contributed by atoms with Gasteiger partial charge in [-0.05, 0) is 30.7 Å². The van der Waals surface area contributed by atoms with Crippen molar-refractivity contribution in [3.63, 3.8) is 0 Å². The molecule has 1 saturated carbocycles. The van der Waals surface area contributed by atoms with E-state index in [9.17, 15) is 9.59 Å². The lowest BCUT2D eigenvalue weighted by Gasteiger charge is -2.04. The van der Waals surface area contributed by atoms with Crippen molar-refractivity contribution in [2.75, 3.05) is 6.54 Å². The van der Waals surface area contributed by atoms with Crippen molar-refractivity contribution in [3.05, 3.63) is 35.9 Å². The molecule has 108 valence electrons. The van der Waals surface area contributed by atoms with E-state index in [1.165, 1.54) is 5.56 Å². The van der Waals surface area contributed by atoms with Gasteiger partial charge >= 0.3 is 5.97 Å². The van der Waals surface area contributed by atoms with Crippen LogP contribution in [0.2, 0.25) is 0 Å². The second-order valence-electron chi connectivity index (χ2n) is 5.35. The SMILES string of the molecule is O=C(O)CCCCCNC(=O)C1CC1c1ccccc1. The highest BCUT2D eigenvalue weighted by Crippen LogP contribution is 2.47. The Bertz CT molecular complexity index is 458. The Kier molecular flexibility index (Phi) is 5.16. The fourth-order valence-corrected chi connectivity index (χ4v) is 2.47. The smallest absolute Gasteiger partial charge is 0.303 e. The minimum absolute atomic E-state index is 0.122. The largest absolute Gasteiger partial charge is 0.481 e. The lowest BCUT2D eigenvalue weighted by atomic mass is 10.1. The third-order valence-electron chi connectivity index (χ3n) is 3.72. The highest BCUT2D eigenvalue weighted by atomic mass is 16.4. The molecule has 0 saturated heterocycles. The van der Waals surface area contributed by atoms with Crippen molar-refractivity contribution in [2.45, 2.75) is 38.0 Å². The summed E-state index contributed by atoms with van der Waals surface area (Å²) in [4.78, 5) is 22.3. The Morgan fingerprint density at radius 1 is 1.15 bits per heavy atom. The molecule has 0 bridgehead atoms. The summed E-state index contributed by atoms with van der Waals surface area (Å²) in [7, 11) is 0. The average Bonchev–Trinajstić information content (AvgIpc) is 3.23. The summed E-state index contributed by atoms with van der Waals surface area (Å²) in [5.41, 5.74) is 1.24. The fraction of sp³-hybridized carbons (Fsp3) is 0.500. The van der Waals surface area contributed by atoms with Crippen LogP contribution in [0.3, 0.4) is 0 Å². The number of hydrogen-bond acceptors (Lipinski definition) is 2. The van der Waals surface area contributed by atoms with Crippen LogP contribution in [-0.4, -0.2) is 23.5 Å². The van der Waals surface area contributed by atoms with Crippen LogP contribution in [-0.2, 0) is 9.59 Å². The second-order valence-corrected chi connectivity index (χ2v) is 5.35. The summed E-state index contributed by atoms with van der Waals surface area (Å²) in [6, 6.07) is 10.1. The second kappa shape index (κ2) is 7.08. The molecule has 0 aliphatic heterocycles. The van der Waals surface area contributed by atoms with E-state index in [0.717, 1.165) is 19.3 Å². The molecule has 20 heavy (non-hydrogen) atoms. The summed E-state index contributed by atoms with van der Waals surface area (Å²) in [6.45, 7) is 0.649. The average molecular weight is 275 g/mol. The standard InChI is InChI=1S/C16H21NO3/c18-15(19)9-5-2-6-10-17-16(20)14-11-13(14)12-7-3-1-4-8-12/h1,3-4,7-8,13-14H,2,5-6,9-11H2,(H,17,20)(H,18,19). The van der Waals surface area contributed by atoms with Gasteiger partial charge in [0.15, 0.2) is 0 Å². The first-order chi connectivity index (χ1) is 9.68. The minimum atomic E-state index is -0.752. The molecule has 1 aliphatic carbocycles. The molecule has 0 heterocycles. The van der Waals surface area contributed by atoms with E-state index < -0.39 is 5.97 Å². The van der Waals surface area contributed by atoms with Crippen molar-refractivity contribution in [1.82, 2.24) is 5.32 Å². The molecule has 0 radical (unpaired) electrons. The van der Waals surface area contributed by atoms with Crippen LogP contribution in [0.5, 0.6) is 0 Å². The summed E-state index contributed by atoms with van der Waals surface area (Å²) in [5, 5.41) is 11.5. The maximum atomic E-state index is 11.9.